The molecule has 23 heavy (non-hydrogen) atoms. The summed E-state index contributed by atoms with van der Waals surface area (Å²) in [5.41, 5.74) is 0.196. The van der Waals surface area contributed by atoms with E-state index in [2.05, 4.69) is 12.2 Å². The molecule has 1 amide bonds. The van der Waals surface area contributed by atoms with Crippen molar-refractivity contribution in [3.05, 3.63) is 33.8 Å². The highest BCUT2D eigenvalue weighted by molar-refractivity contribution is 6.36. The monoisotopic (exact) mass is 357 g/mol. The fourth-order valence-corrected chi connectivity index (χ4v) is 3.25. The molecule has 1 aromatic rings. The number of halogens is 2. The van der Waals surface area contributed by atoms with Crippen molar-refractivity contribution in [1.82, 2.24) is 5.32 Å². The second-order valence-electron chi connectivity index (χ2n) is 6.05. The van der Waals surface area contributed by atoms with E-state index in [9.17, 15) is 9.59 Å². The van der Waals surface area contributed by atoms with Gasteiger partial charge in [-0.1, -0.05) is 43.0 Å². The molecule has 0 spiro atoms. The second kappa shape index (κ2) is 8.02. The molecule has 0 unspecified atom stereocenters. The summed E-state index contributed by atoms with van der Waals surface area (Å²) >= 11 is 11.8. The minimum absolute atomic E-state index is 0.150. The van der Waals surface area contributed by atoms with Crippen LogP contribution in [0.25, 0.3) is 0 Å². The molecular formula is C17H21Cl2NO3. The summed E-state index contributed by atoms with van der Waals surface area (Å²) in [6, 6.07) is 4.66. The number of hydrogen-bond donors (Lipinski definition) is 1. The van der Waals surface area contributed by atoms with E-state index in [-0.39, 0.29) is 22.5 Å². The highest BCUT2D eigenvalue weighted by Gasteiger charge is 2.26. The maximum atomic E-state index is 12.2. The number of carbonyl (C=O) groups excluding carboxylic acids is 2. The summed E-state index contributed by atoms with van der Waals surface area (Å²) in [5.74, 6) is -0.463. The molecule has 2 rings (SSSR count). The molecule has 0 heterocycles. The Morgan fingerprint density at radius 2 is 1.96 bits per heavy atom. The minimum Gasteiger partial charge on any atom is -0.449 e. The summed E-state index contributed by atoms with van der Waals surface area (Å²) < 4.78 is 5.22. The Kier molecular flexibility index (Phi) is 6.31. The highest BCUT2D eigenvalue weighted by atomic mass is 35.5. The number of esters is 1. The van der Waals surface area contributed by atoms with Crippen LogP contribution in [-0.4, -0.2) is 24.0 Å². The fourth-order valence-electron chi connectivity index (χ4n) is 2.76. The number of nitrogens with one attached hydrogen (secondary N) is 1. The molecule has 126 valence electrons. The van der Waals surface area contributed by atoms with Crippen LogP contribution >= 0.6 is 23.2 Å². The van der Waals surface area contributed by atoms with E-state index in [0.717, 1.165) is 19.3 Å². The van der Waals surface area contributed by atoms with Crippen LogP contribution < -0.4 is 5.32 Å². The third-order valence-corrected chi connectivity index (χ3v) is 4.79. The smallest absolute Gasteiger partial charge is 0.340 e. The molecular weight excluding hydrogens is 337 g/mol. The molecule has 1 fully saturated rings. The number of hydrogen-bond acceptors (Lipinski definition) is 3. The van der Waals surface area contributed by atoms with E-state index in [4.69, 9.17) is 27.9 Å². The zero-order chi connectivity index (χ0) is 17.0. The molecule has 0 radical (unpaired) electrons. The van der Waals surface area contributed by atoms with Crippen molar-refractivity contribution < 1.29 is 14.3 Å². The molecule has 1 aromatic carbocycles. The van der Waals surface area contributed by atoms with E-state index in [1.165, 1.54) is 18.6 Å². The van der Waals surface area contributed by atoms with Crippen LogP contribution in [0.15, 0.2) is 18.2 Å². The van der Waals surface area contributed by atoms with E-state index >= 15 is 0 Å². The van der Waals surface area contributed by atoms with Gasteiger partial charge in [-0.3, -0.25) is 4.79 Å². The van der Waals surface area contributed by atoms with Crippen molar-refractivity contribution in [2.45, 2.75) is 51.7 Å². The molecule has 0 saturated heterocycles. The second-order valence-corrected chi connectivity index (χ2v) is 6.89. The maximum absolute atomic E-state index is 12.2. The van der Waals surface area contributed by atoms with Gasteiger partial charge >= 0.3 is 5.97 Å². The van der Waals surface area contributed by atoms with Crippen molar-refractivity contribution >= 4 is 35.1 Å². The first-order valence-corrected chi connectivity index (χ1v) is 8.60. The predicted molar refractivity (Wildman–Crippen MR) is 90.9 cm³/mol. The molecule has 4 nitrogen and oxygen atoms in total. The Labute approximate surface area is 146 Å². The van der Waals surface area contributed by atoms with Gasteiger partial charge in [-0.15, -0.1) is 0 Å². The Morgan fingerprint density at radius 1 is 1.26 bits per heavy atom. The standard InChI is InChI=1S/C17H21Cl2NO3/c1-10-5-3-4-6-15(10)20-16(21)11(2)23-17(22)13-8-7-12(18)9-14(13)19/h7-11,15H,3-6H2,1-2H3,(H,20,21)/t10-,11-,15+/m1/s1. The van der Waals surface area contributed by atoms with Gasteiger partial charge in [0.05, 0.1) is 10.6 Å². The average Bonchev–Trinajstić information content (AvgIpc) is 2.49. The minimum atomic E-state index is -0.872. The van der Waals surface area contributed by atoms with Gasteiger partial charge < -0.3 is 10.1 Å². The lowest BCUT2D eigenvalue weighted by Crippen LogP contribution is -2.46. The molecule has 1 N–H and O–H groups in total. The maximum Gasteiger partial charge on any atom is 0.340 e. The molecule has 0 bridgehead atoms. The van der Waals surface area contributed by atoms with Gasteiger partial charge in [0.2, 0.25) is 0 Å². The van der Waals surface area contributed by atoms with E-state index in [1.807, 2.05) is 0 Å². The van der Waals surface area contributed by atoms with Crippen LogP contribution in [0.2, 0.25) is 10.0 Å². The van der Waals surface area contributed by atoms with Crippen LogP contribution in [0.4, 0.5) is 0 Å². The summed E-state index contributed by atoms with van der Waals surface area (Å²) in [7, 11) is 0. The van der Waals surface area contributed by atoms with Gasteiger partial charge in [-0.2, -0.15) is 0 Å². The van der Waals surface area contributed by atoms with Crippen molar-refractivity contribution in [2.24, 2.45) is 5.92 Å². The third kappa shape index (κ3) is 4.85. The van der Waals surface area contributed by atoms with Gasteiger partial charge in [-0.05, 0) is 43.9 Å². The first kappa shape index (κ1) is 18.1. The highest BCUT2D eigenvalue weighted by Crippen LogP contribution is 2.24. The third-order valence-electron chi connectivity index (χ3n) is 4.24. The zero-order valence-electron chi connectivity index (χ0n) is 13.3. The van der Waals surface area contributed by atoms with Crippen LogP contribution in [-0.2, 0) is 9.53 Å². The first-order valence-electron chi connectivity index (χ1n) is 7.85. The topological polar surface area (TPSA) is 55.4 Å². The van der Waals surface area contributed by atoms with Crippen LogP contribution in [0.3, 0.4) is 0 Å². The molecule has 1 aliphatic carbocycles. The number of benzene rings is 1. The SMILES string of the molecule is C[C@@H]1CCCC[C@@H]1NC(=O)[C@@H](C)OC(=O)c1ccc(Cl)cc1Cl. The Hall–Kier alpha value is -1.26. The van der Waals surface area contributed by atoms with Crippen molar-refractivity contribution in [2.75, 3.05) is 0 Å². The van der Waals surface area contributed by atoms with Gasteiger partial charge in [0.15, 0.2) is 6.10 Å². The van der Waals surface area contributed by atoms with Crippen LogP contribution in [0.5, 0.6) is 0 Å². The molecule has 3 atom stereocenters. The van der Waals surface area contributed by atoms with Crippen molar-refractivity contribution in [1.29, 1.82) is 0 Å². The number of ether oxygens (including phenoxy) is 1. The number of rotatable bonds is 4. The Morgan fingerprint density at radius 3 is 2.61 bits per heavy atom. The first-order chi connectivity index (χ1) is 10.9. The van der Waals surface area contributed by atoms with Gasteiger partial charge in [0.25, 0.3) is 5.91 Å². The lowest BCUT2D eigenvalue weighted by atomic mass is 9.86. The van der Waals surface area contributed by atoms with Crippen LogP contribution in [0, 0.1) is 5.92 Å². The average molecular weight is 358 g/mol. The molecule has 1 aliphatic rings. The lowest BCUT2D eigenvalue weighted by Gasteiger charge is -2.30. The molecule has 0 aliphatic heterocycles. The summed E-state index contributed by atoms with van der Waals surface area (Å²) in [4.78, 5) is 24.3. The number of carbonyl (C=O) groups is 2. The van der Waals surface area contributed by atoms with Crippen molar-refractivity contribution in [3.8, 4) is 0 Å². The van der Waals surface area contributed by atoms with Crippen LogP contribution in [0.1, 0.15) is 49.9 Å². The predicted octanol–water partition coefficient (Wildman–Crippen LogP) is 4.23. The summed E-state index contributed by atoms with van der Waals surface area (Å²) in [6.45, 7) is 3.69. The van der Waals surface area contributed by atoms with Crippen molar-refractivity contribution in [3.63, 3.8) is 0 Å². The van der Waals surface area contributed by atoms with Gasteiger partial charge in [0.1, 0.15) is 0 Å². The Bertz CT molecular complexity index is 591. The molecule has 1 saturated carbocycles. The molecule has 0 aromatic heterocycles. The largest absolute Gasteiger partial charge is 0.449 e. The summed E-state index contributed by atoms with van der Waals surface area (Å²) in [5, 5.41) is 3.62. The summed E-state index contributed by atoms with van der Waals surface area (Å²) in [6.07, 6.45) is 3.52. The lowest BCUT2D eigenvalue weighted by molar-refractivity contribution is -0.130. The fraction of sp³-hybridized carbons (Fsp3) is 0.529. The van der Waals surface area contributed by atoms with E-state index in [0.29, 0.717) is 10.9 Å². The van der Waals surface area contributed by atoms with Gasteiger partial charge in [-0.25, -0.2) is 4.79 Å². The Balaban J connectivity index is 1.93. The zero-order valence-corrected chi connectivity index (χ0v) is 14.8. The number of amides is 1. The van der Waals surface area contributed by atoms with Gasteiger partial charge in [0, 0.05) is 11.1 Å². The molecule has 6 heteroatoms. The van der Waals surface area contributed by atoms with E-state index < -0.39 is 12.1 Å². The van der Waals surface area contributed by atoms with E-state index in [1.54, 1.807) is 13.0 Å². The normalized spacial score (nSPS) is 22.3. The quantitative estimate of drug-likeness (QED) is 0.820.